The van der Waals surface area contributed by atoms with Crippen LogP contribution in [-0.2, 0) is 35.3 Å². The number of hydrogen-bond acceptors (Lipinski definition) is 8. The van der Waals surface area contributed by atoms with Crippen molar-refractivity contribution in [1.82, 2.24) is 0 Å². The molecule has 3 aliphatic rings. The number of rotatable bonds is 6. The highest BCUT2D eigenvalue weighted by Gasteiger charge is 2.52. The van der Waals surface area contributed by atoms with E-state index >= 15 is 0 Å². The summed E-state index contributed by atoms with van der Waals surface area (Å²) in [5.41, 5.74) is 1.48. The number of aliphatic hydroxyl groups excluding tert-OH is 2. The van der Waals surface area contributed by atoms with Crippen LogP contribution in [0.4, 0.5) is 0 Å². The van der Waals surface area contributed by atoms with Crippen LogP contribution in [0.1, 0.15) is 49.0 Å². The Kier molecular flexibility index (Phi) is 7.19. The van der Waals surface area contributed by atoms with Crippen LogP contribution < -0.4 is 0 Å². The summed E-state index contributed by atoms with van der Waals surface area (Å²) in [6.45, 7) is 0.960. The summed E-state index contributed by atoms with van der Waals surface area (Å²) in [6.07, 6.45) is 1.89. The molecule has 182 valence electrons. The number of carbonyl (C=O) groups is 1. The first-order valence-electron chi connectivity index (χ1n) is 11.2. The summed E-state index contributed by atoms with van der Waals surface area (Å²) in [5.74, 6) is -2.16. The van der Waals surface area contributed by atoms with Gasteiger partial charge in [-0.3, -0.25) is 0 Å². The van der Waals surface area contributed by atoms with Crippen LogP contribution in [0.5, 0.6) is 0 Å². The van der Waals surface area contributed by atoms with E-state index in [-0.39, 0.29) is 38.2 Å². The van der Waals surface area contributed by atoms with E-state index in [1.54, 1.807) is 13.0 Å². The number of fused-ring (bicyclic) bond motifs is 1. The number of aryl methyl sites for hydroxylation is 1. The van der Waals surface area contributed by atoms with E-state index in [1.807, 2.05) is 12.1 Å². The van der Waals surface area contributed by atoms with Crippen molar-refractivity contribution in [3.05, 3.63) is 46.0 Å². The van der Waals surface area contributed by atoms with Gasteiger partial charge in [-0.15, -0.1) is 0 Å². The summed E-state index contributed by atoms with van der Waals surface area (Å²) >= 11 is 6.43. The van der Waals surface area contributed by atoms with Crippen molar-refractivity contribution < 1.29 is 37.6 Å². The maximum Gasteiger partial charge on any atom is 0.335 e. The zero-order valence-corrected chi connectivity index (χ0v) is 20.0. The first-order chi connectivity index (χ1) is 15.8. The quantitative estimate of drug-likeness (QED) is 0.571. The lowest BCUT2D eigenvalue weighted by Crippen LogP contribution is -2.42. The molecule has 1 aromatic rings. The molecule has 2 N–H and O–H groups in total. The molecule has 2 aliphatic carbocycles. The number of aliphatic hydroxyl groups is 2. The average molecular weight is 501 g/mol. The van der Waals surface area contributed by atoms with Gasteiger partial charge in [0.05, 0.1) is 35.9 Å². The lowest BCUT2D eigenvalue weighted by Gasteiger charge is -2.36. The van der Waals surface area contributed by atoms with Gasteiger partial charge in [-0.05, 0) is 55.9 Å². The minimum atomic E-state index is -3.88. The Labute approximate surface area is 198 Å². The van der Waals surface area contributed by atoms with Crippen molar-refractivity contribution in [3.63, 3.8) is 0 Å². The van der Waals surface area contributed by atoms with Crippen molar-refractivity contribution in [2.45, 2.75) is 67.5 Å². The van der Waals surface area contributed by atoms with Crippen LogP contribution in [0, 0.1) is 0 Å². The fourth-order valence-corrected chi connectivity index (χ4v) is 7.99. The Morgan fingerprint density at radius 3 is 2.52 bits per heavy atom. The Morgan fingerprint density at radius 1 is 1.18 bits per heavy atom. The van der Waals surface area contributed by atoms with E-state index in [9.17, 15) is 23.4 Å². The third-order valence-corrected chi connectivity index (χ3v) is 9.51. The lowest BCUT2D eigenvalue weighted by molar-refractivity contribution is -0.154. The van der Waals surface area contributed by atoms with Gasteiger partial charge in [0, 0.05) is 11.4 Å². The van der Waals surface area contributed by atoms with E-state index in [2.05, 4.69) is 0 Å². The third kappa shape index (κ3) is 4.47. The van der Waals surface area contributed by atoms with E-state index in [4.69, 9.17) is 25.8 Å². The Balaban J connectivity index is 1.74. The molecule has 33 heavy (non-hydrogen) atoms. The first-order valence-corrected chi connectivity index (χ1v) is 13.2. The van der Waals surface area contributed by atoms with Crippen LogP contribution >= 0.6 is 11.6 Å². The van der Waals surface area contributed by atoms with Gasteiger partial charge in [-0.1, -0.05) is 23.7 Å². The van der Waals surface area contributed by atoms with Crippen LogP contribution in [0.3, 0.4) is 0 Å². The minimum absolute atomic E-state index is 0.0439. The summed E-state index contributed by atoms with van der Waals surface area (Å²) in [6, 6.07) is 5.40. The fraction of sp³-hybridized carbons (Fsp3) is 0.609. The monoisotopic (exact) mass is 500 g/mol. The molecule has 1 fully saturated rings. The van der Waals surface area contributed by atoms with Crippen molar-refractivity contribution in [2.75, 3.05) is 19.8 Å². The second-order valence-electron chi connectivity index (χ2n) is 8.62. The molecule has 1 spiro atoms. The SMILES string of the molecule is CCOC(=O)C1=CC2(CC[C@H]1S(=O)(=O)C1CCCc3cccc(Cl)c31)O[C@@H](CO)[C@H](CO)O2. The number of halogens is 1. The zero-order valence-electron chi connectivity index (χ0n) is 18.4. The molecule has 1 aliphatic heterocycles. The molecule has 0 amide bonds. The molecule has 1 unspecified atom stereocenters. The summed E-state index contributed by atoms with van der Waals surface area (Å²) in [5, 5.41) is 17.6. The number of carbonyl (C=O) groups excluding carboxylic acids is 1. The van der Waals surface area contributed by atoms with Gasteiger partial charge >= 0.3 is 5.97 Å². The Bertz CT molecular complexity index is 1020. The van der Waals surface area contributed by atoms with E-state index in [0.717, 1.165) is 12.0 Å². The van der Waals surface area contributed by atoms with Gasteiger partial charge in [0.2, 0.25) is 0 Å². The number of ether oxygens (including phenoxy) is 3. The summed E-state index contributed by atoms with van der Waals surface area (Å²) in [4.78, 5) is 12.9. The average Bonchev–Trinajstić information content (AvgIpc) is 3.16. The molecule has 4 atom stereocenters. The molecule has 0 radical (unpaired) electrons. The highest BCUT2D eigenvalue weighted by molar-refractivity contribution is 7.92. The van der Waals surface area contributed by atoms with Crippen LogP contribution in [0.15, 0.2) is 29.8 Å². The maximum atomic E-state index is 14.0. The lowest BCUT2D eigenvalue weighted by atomic mass is 9.91. The van der Waals surface area contributed by atoms with Crippen LogP contribution in [0.2, 0.25) is 5.02 Å². The second kappa shape index (κ2) is 9.64. The molecular formula is C23H29ClO8S. The molecule has 1 aromatic carbocycles. The van der Waals surface area contributed by atoms with Gasteiger partial charge < -0.3 is 24.4 Å². The largest absolute Gasteiger partial charge is 0.463 e. The van der Waals surface area contributed by atoms with E-state index in [1.165, 1.54) is 6.08 Å². The van der Waals surface area contributed by atoms with Gasteiger partial charge in [0.1, 0.15) is 12.2 Å². The Hall–Kier alpha value is -1.49. The molecule has 1 saturated heterocycles. The van der Waals surface area contributed by atoms with Crippen molar-refractivity contribution in [3.8, 4) is 0 Å². The number of benzene rings is 1. The topological polar surface area (TPSA) is 119 Å². The summed E-state index contributed by atoms with van der Waals surface area (Å²) < 4.78 is 44.8. The molecular weight excluding hydrogens is 472 g/mol. The Morgan fingerprint density at radius 2 is 1.88 bits per heavy atom. The van der Waals surface area contributed by atoms with Crippen LogP contribution in [-0.4, -0.2) is 67.7 Å². The fourth-order valence-electron chi connectivity index (χ4n) is 5.13. The molecule has 0 bridgehead atoms. The molecule has 0 saturated carbocycles. The molecule has 4 rings (SSSR count). The molecule has 0 aromatic heterocycles. The number of hydrogen-bond donors (Lipinski definition) is 2. The third-order valence-electron chi connectivity index (χ3n) is 6.64. The number of esters is 1. The van der Waals surface area contributed by atoms with Crippen molar-refractivity contribution >= 4 is 27.4 Å². The zero-order chi connectivity index (χ0) is 23.8. The maximum absolute atomic E-state index is 14.0. The predicted molar refractivity (Wildman–Crippen MR) is 120 cm³/mol. The standard InChI is InChI=1S/C23H29ClO8S/c1-2-30-22(27)15-11-23(31-17(12-25)18(13-26)32-23)10-9-19(15)33(28,29)20-8-4-6-14-5-3-7-16(24)21(14)20/h3,5,7,11,17-20,25-26H,2,4,6,8-10,12-13H2,1H3/t17-,18-,19+,20?/m0/s1. The second-order valence-corrected chi connectivity index (χ2v) is 11.3. The highest BCUT2D eigenvalue weighted by atomic mass is 35.5. The minimum Gasteiger partial charge on any atom is -0.463 e. The van der Waals surface area contributed by atoms with Crippen LogP contribution in [0.25, 0.3) is 0 Å². The normalized spacial score (nSPS) is 28.9. The van der Waals surface area contributed by atoms with Gasteiger partial charge in [-0.25, -0.2) is 13.2 Å². The smallest absolute Gasteiger partial charge is 0.335 e. The highest BCUT2D eigenvalue weighted by Crippen LogP contribution is 2.47. The van der Waals surface area contributed by atoms with E-state index in [0.29, 0.717) is 23.4 Å². The van der Waals surface area contributed by atoms with Gasteiger partial charge in [0.15, 0.2) is 15.6 Å². The summed E-state index contributed by atoms with van der Waals surface area (Å²) in [7, 11) is -3.88. The van der Waals surface area contributed by atoms with Crippen molar-refractivity contribution in [2.24, 2.45) is 0 Å². The van der Waals surface area contributed by atoms with Gasteiger partial charge in [0.25, 0.3) is 0 Å². The molecule has 8 nitrogen and oxygen atoms in total. The number of sulfone groups is 1. The van der Waals surface area contributed by atoms with Gasteiger partial charge in [-0.2, -0.15) is 0 Å². The van der Waals surface area contributed by atoms with Crippen molar-refractivity contribution in [1.29, 1.82) is 0 Å². The van der Waals surface area contributed by atoms with E-state index < -0.39 is 44.3 Å². The molecule has 1 heterocycles. The predicted octanol–water partition coefficient (Wildman–Crippen LogP) is 2.25. The molecule has 10 heteroatoms. The first kappa shape index (κ1) is 24.6.